The molecule has 1 N–H and O–H groups in total. The van der Waals surface area contributed by atoms with Crippen LogP contribution in [0.2, 0.25) is 0 Å². The molecule has 0 saturated carbocycles. The van der Waals surface area contributed by atoms with Gasteiger partial charge >= 0.3 is 0 Å². The fourth-order valence-corrected chi connectivity index (χ4v) is 4.24. The van der Waals surface area contributed by atoms with E-state index in [4.69, 9.17) is 14.2 Å². The van der Waals surface area contributed by atoms with Crippen molar-refractivity contribution >= 4 is 0 Å². The molecule has 0 spiro atoms. The summed E-state index contributed by atoms with van der Waals surface area (Å²) in [5, 5.41) is 10.9. The first-order valence-electron chi connectivity index (χ1n) is 10.4. The number of aromatic hydroxyl groups is 1. The van der Waals surface area contributed by atoms with Gasteiger partial charge in [0.05, 0.1) is 32.4 Å². The second-order valence-corrected chi connectivity index (χ2v) is 7.64. The minimum Gasteiger partial charge on any atom is -0.507 e. The molecule has 0 radical (unpaired) electrons. The molecule has 1 fully saturated rings. The number of benzene rings is 1. The maximum atomic E-state index is 13.6. The summed E-state index contributed by atoms with van der Waals surface area (Å²) >= 11 is 0. The van der Waals surface area contributed by atoms with E-state index in [0.717, 1.165) is 31.5 Å². The summed E-state index contributed by atoms with van der Waals surface area (Å²) in [7, 11) is 4.83. The Morgan fingerprint density at radius 1 is 1.07 bits per heavy atom. The van der Waals surface area contributed by atoms with Crippen molar-refractivity contribution in [2.75, 3.05) is 41.0 Å². The summed E-state index contributed by atoms with van der Waals surface area (Å²) < 4.78 is 17.9. The van der Waals surface area contributed by atoms with E-state index in [1.54, 1.807) is 32.0 Å². The van der Waals surface area contributed by atoms with Gasteiger partial charge in [-0.25, -0.2) is 0 Å². The lowest BCUT2D eigenvalue weighted by atomic mass is 9.93. The van der Waals surface area contributed by atoms with Gasteiger partial charge in [-0.1, -0.05) is 6.42 Å². The fraction of sp³-hybridized carbons (Fsp3) is 0.522. The molecule has 1 saturated heterocycles. The first-order chi connectivity index (χ1) is 14.5. The Kier molecular flexibility index (Phi) is 7.39. The molecule has 1 aromatic heterocycles. The minimum absolute atomic E-state index is 0.0135. The highest BCUT2D eigenvalue weighted by molar-refractivity contribution is 5.49. The van der Waals surface area contributed by atoms with Crippen LogP contribution in [0.25, 0.3) is 0 Å². The van der Waals surface area contributed by atoms with Gasteiger partial charge in [-0.05, 0) is 51.1 Å². The number of rotatable bonds is 8. The number of aryl methyl sites for hydroxylation is 1. The van der Waals surface area contributed by atoms with Crippen LogP contribution in [0.15, 0.2) is 29.1 Å². The average molecular weight is 417 g/mol. The molecule has 30 heavy (non-hydrogen) atoms. The molecule has 1 aliphatic heterocycles. The maximum Gasteiger partial charge on any atom is 0.259 e. The van der Waals surface area contributed by atoms with Crippen molar-refractivity contribution in [1.82, 2.24) is 9.47 Å². The second kappa shape index (κ2) is 10.00. The van der Waals surface area contributed by atoms with Crippen molar-refractivity contribution in [3.63, 3.8) is 0 Å². The Labute approximate surface area is 177 Å². The Balaban J connectivity index is 2.21. The van der Waals surface area contributed by atoms with E-state index in [-0.39, 0.29) is 11.3 Å². The first kappa shape index (κ1) is 22.2. The number of piperidine rings is 1. The molecule has 0 bridgehead atoms. The number of pyridine rings is 1. The highest BCUT2D eigenvalue weighted by atomic mass is 16.5. The van der Waals surface area contributed by atoms with E-state index >= 15 is 0 Å². The van der Waals surface area contributed by atoms with Crippen LogP contribution in [0.3, 0.4) is 0 Å². The number of aromatic nitrogens is 1. The Hall–Kier alpha value is -2.51. The lowest BCUT2D eigenvalue weighted by Crippen LogP contribution is -2.39. The molecule has 3 rings (SSSR count). The minimum atomic E-state index is -0.409. The third-order valence-electron chi connectivity index (χ3n) is 5.81. The molecule has 2 aromatic rings. The van der Waals surface area contributed by atoms with E-state index in [2.05, 4.69) is 4.90 Å². The SMILES string of the molecule is COCCn1c(C)cc(O)c([C@H](c2ccc(OC)cc2OC)N2CCCCC2)c1=O. The molecule has 1 atom stereocenters. The van der Waals surface area contributed by atoms with Crippen molar-refractivity contribution in [2.45, 2.75) is 38.8 Å². The van der Waals surface area contributed by atoms with Gasteiger partial charge in [0.1, 0.15) is 17.2 Å². The zero-order valence-corrected chi connectivity index (χ0v) is 18.3. The first-order valence-corrected chi connectivity index (χ1v) is 10.4. The van der Waals surface area contributed by atoms with E-state index in [9.17, 15) is 9.90 Å². The molecule has 7 nitrogen and oxygen atoms in total. The number of nitrogens with zero attached hydrogens (tertiary/aromatic N) is 2. The topological polar surface area (TPSA) is 73.2 Å². The monoisotopic (exact) mass is 416 g/mol. The molecule has 1 aromatic carbocycles. The molecule has 0 amide bonds. The highest BCUT2D eigenvalue weighted by Crippen LogP contribution is 2.39. The van der Waals surface area contributed by atoms with Gasteiger partial charge in [-0.2, -0.15) is 0 Å². The van der Waals surface area contributed by atoms with Crippen molar-refractivity contribution < 1.29 is 19.3 Å². The van der Waals surface area contributed by atoms with E-state index in [0.29, 0.717) is 35.9 Å². The normalized spacial score (nSPS) is 15.7. The predicted octanol–water partition coefficient (Wildman–Crippen LogP) is 3.10. The van der Waals surface area contributed by atoms with Crippen LogP contribution >= 0.6 is 0 Å². The van der Waals surface area contributed by atoms with E-state index in [1.807, 2.05) is 25.1 Å². The summed E-state index contributed by atoms with van der Waals surface area (Å²) in [6.45, 7) is 4.38. The average Bonchev–Trinajstić information content (AvgIpc) is 2.76. The van der Waals surface area contributed by atoms with Crippen LogP contribution in [-0.4, -0.2) is 55.6 Å². The largest absolute Gasteiger partial charge is 0.507 e. The molecule has 0 unspecified atom stereocenters. The molecule has 7 heteroatoms. The standard InChI is InChI=1S/C23H32N2O5/c1-16-14-19(26)21(23(27)25(16)12-13-28-2)22(24-10-6-5-7-11-24)18-9-8-17(29-3)15-20(18)30-4/h8-9,14-15,22,26H,5-7,10-13H2,1-4H3/t22-/m0/s1. The zero-order valence-electron chi connectivity index (χ0n) is 18.3. The zero-order chi connectivity index (χ0) is 21.7. The van der Waals surface area contributed by atoms with Gasteiger partial charge < -0.3 is 23.9 Å². The van der Waals surface area contributed by atoms with Crippen molar-refractivity contribution in [2.24, 2.45) is 0 Å². The number of hydrogen-bond acceptors (Lipinski definition) is 6. The predicted molar refractivity (Wildman–Crippen MR) is 116 cm³/mol. The number of likely N-dealkylation sites (tertiary alicyclic amines) is 1. The highest BCUT2D eigenvalue weighted by Gasteiger charge is 2.32. The van der Waals surface area contributed by atoms with Gasteiger partial charge in [0.25, 0.3) is 5.56 Å². The molecule has 1 aliphatic rings. The van der Waals surface area contributed by atoms with Gasteiger partial charge in [0, 0.05) is 31.0 Å². The fourth-order valence-electron chi connectivity index (χ4n) is 4.24. The number of methoxy groups -OCH3 is 3. The van der Waals surface area contributed by atoms with Gasteiger partial charge in [-0.3, -0.25) is 9.69 Å². The van der Waals surface area contributed by atoms with Crippen LogP contribution in [0.1, 0.15) is 42.1 Å². The van der Waals surface area contributed by atoms with Crippen LogP contribution in [0.5, 0.6) is 17.2 Å². The van der Waals surface area contributed by atoms with Crippen molar-refractivity contribution in [3.8, 4) is 17.2 Å². The van der Waals surface area contributed by atoms with Gasteiger partial charge in [0.2, 0.25) is 0 Å². The van der Waals surface area contributed by atoms with Crippen LogP contribution in [0, 0.1) is 6.92 Å². The molecule has 2 heterocycles. The lowest BCUT2D eigenvalue weighted by molar-refractivity contribution is 0.176. The Morgan fingerprint density at radius 3 is 2.43 bits per heavy atom. The lowest BCUT2D eigenvalue weighted by Gasteiger charge is -2.36. The summed E-state index contributed by atoms with van der Waals surface area (Å²) in [5.74, 6) is 1.32. The molecule has 0 aliphatic carbocycles. The summed E-state index contributed by atoms with van der Waals surface area (Å²) in [6.07, 6.45) is 3.28. The second-order valence-electron chi connectivity index (χ2n) is 7.64. The molecular weight excluding hydrogens is 384 g/mol. The smallest absolute Gasteiger partial charge is 0.259 e. The number of ether oxygens (including phenoxy) is 3. The maximum absolute atomic E-state index is 13.6. The van der Waals surface area contributed by atoms with Crippen molar-refractivity contribution in [1.29, 1.82) is 0 Å². The van der Waals surface area contributed by atoms with E-state index < -0.39 is 6.04 Å². The molecule has 164 valence electrons. The number of hydrogen-bond donors (Lipinski definition) is 1. The van der Waals surface area contributed by atoms with Crippen LogP contribution in [0.4, 0.5) is 0 Å². The van der Waals surface area contributed by atoms with Crippen molar-refractivity contribution in [3.05, 3.63) is 51.4 Å². The Morgan fingerprint density at radius 2 is 1.80 bits per heavy atom. The summed E-state index contributed by atoms with van der Waals surface area (Å²) in [4.78, 5) is 15.8. The van der Waals surface area contributed by atoms with Crippen LogP contribution < -0.4 is 15.0 Å². The summed E-state index contributed by atoms with van der Waals surface area (Å²) in [6, 6.07) is 6.87. The Bertz CT molecular complexity index is 919. The third-order valence-corrected chi connectivity index (χ3v) is 5.81. The van der Waals surface area contributed by atoms with Gasteiger partial charge in [0.15, 0.2) is 0 Å². The quantitative estimate of drug-likeness (QED) is 0.713. The van der Waals surface area contributed by atoms with E-state index in [1.165, 1.54) is 6.42 Å². The third kappa shape index (κ3) is 4.47. The van der Waals surface area contributed by atoms with Gasteiger partial charge in [-0.15, -0.1) is 0 Å². The summed E-state index contributed by atoms with van der Waals surface area (Å²) in [5.41, 5.74) is 1.73. The molecular formula is C23H32N2O5. The van der Waals surface area contributed by atoms with Crippen LogP contribution in [-0.2, 0) is 11.3 Å².